The van der Waals surface area contributed by atoms with E-state index in [1.165, 1.54) is 18.2 Å². The molecule has 1 aliphatic heterocycles. The van der Waals surface area contributed by atoms with Crippen LogP contribution < -0.4 is 11.5 Å². The minimum absolute atomic E-state index is 0.114. The normalized spacial score (nSPS) is 27.6. The van der Waals surface area contributed by atoms with Crippen LogP contribution in [0.5, 0.6) is 0 Å². The van der Waals surface area contributed by atoms with Gasteiger partial charge in [0, 0.05) is 0 Å². The SMILES string of the molecule is Nc1cccc(C2=N[C@@](F)(CF)[C@@H](N)CO2)c1F. The van der Waals surface area contributed by atoms with Gasteiger partial charge in [-0.15, -0.1) is 0 Å². The van der Waals surface area contributed by atoms with Gasteiger partial charge in [0.15, 0.2) is 5.82 Å². The Bertz CT molecular complexity index is 494. The van der Waals surface area contributed by atoms with Crippen molar-refractivity contribution < 1.29 is 17.9 Å². The summed E-state index contributed by atoms with van der Waals surface area (Å²) in [7, 11) is 0. The monoisotopic (exact) mass is 259 g/mol. The Hall–Kier alpha value is -1.76. The average molecular weight is 259 g/mol. The number of rotatable bonds is 2. The summed E-state index contributed by atoms with van der Waals surface area (Å²) in [5, 5.41) is 0. The van der Waals surface area contributed by atoms with Crippen LogP contribution in [-0.4, -0.2) is 31.0 Å². The molecule has 2 rings (SSSR count). The number of hydrogen-bond donors (Lipinski definition) is 2. The quantitative estimate of drug-likeness (QED) is 0.618. The van der Waals surface area contributed by atoms with Crippen molar-refractivity contribution >= 4 is 11.6 Å². The highest BCUT2D eigenvalue weighted by atomic mass is 19.2. The lowest BCUT2D eigenvalue weighted by molar-refractivity contribution is 0.0496. The fraction of sp³-hybridized carbons (Fsp3) is 0.364. The molecule has 2 atom stereocenters. The van der Waals surface area contributed by atoms with Gasteiger partial charge in [0.2, 0.25) is 11.7 Å². The topological polar surface area (TPSA) is 73.6 Å². The Balaban J connectivity index is 2.45. The van der Waals surface area contributed by atoms with E-state index in [1.807, 2.05) is 0 Å². The molecule has 4 N–H and O–H groups in total. The standard InChI is InChI=1S/C11H12F3N3O/c12-5-11(14)8(16)4-18-10(17-11)6-2-1-3-7(15)9(6)13/h1-3,8H,4-5,15-16H2/t8-,11-/m0/s1. The zero-order chi connectivity index (χ0) is 13.3. The lowest BCUT2D eigenvalue weighted by Crippen LogP contribution is -2.52. The van der Waals surface area contributed by atoms with Crippen LogP contribution in [0.3, 0.4) is 0 Å². The number of nitrogens with zero attached hydrogens (tertiary/aromatic N) is 1. The first-order valence-corrected chi connectivity index (χ1v) is 5.25. The second-order valence-electron chi connectivity index (χ2n) is 4.00. The smallest absolute Gasteiger partial charge is 0.249 e. The highest BCUT2D eigenvalue weighted by molar-refractivity contribution is 5.96. The third-order valence-electron chi connectivity index (χ3n) is 2.70. The Morgan fingerprint density at radius 3 is 2.89 bits per heavy atom. The van der Waals surface area contributed by atoms with Gasteiger partial charge in [-0.1, -0.05) is 6.07 Å². The lowest BCUT2D eigenvalue weighted by Gasteiger charge is -2.30. The molecule has 1 aliphatic rings. The van der Waals surface area contributed by atoms with Gasteiger partial charge in [0.25, 0.3) is 0 Å². The highest BCUT2D eigenvalue weighted by Crippen LogP contribution is 2.26. The Morgan fingerprint density at radius 1 is 1.50 bits per heavy atom. The van der Waals surface area contributed by atoms with Crippen LogP contribution in [0.25, 0.3) is 0 Å². The zero-order valence-corrected chi connectivity index (χ0v) is 9.37. The summed E-state index contributed by atoms with van der Waals surface area (Å²) in [6, 6.07) is 2.89. The number of benzene rings is 1. The van der Waals surface area contributed by atoms with Gasteiger partial charge < -0.3 is 16.2 Å². The van der Waals surface area contributed by atoms with E-state index in [0.29, 0.717) is 0 Å². The van der Waals surface area contributed by atoms with E-state index in [1.54, 1.807) is 0 Å². The van der Waals surface area contributed by atoms with Crippen LogP contribution in [0, 0.1) is 5.82 Å². The van der Waals surface area contributed by atoms with Gasteiger partial charge in [-0.2, -0.15) is 0 Å². The number of halogens is 3. The molecule has 18 heavy (non-hydrogen) atoms. The Kier molecular flexibility index (Phi) is 3.16. The highest BCUT2D eigenvalue weighted by Gasteiger charge is 2.42. The van der Waals surface area contributed by atoms with Crippen molar-refractivity contribution in [3.63, 3.8) is 0 Å². The lowest BCUT2D eigenvalue weighted by atomic mass is 10.1. The summed E-state index contributed by atoms with van der Waals surface area (Å²) in [5.74, 6) is -3.71. The van der Waals surface area contributed by atoms with Crippen molar-refractivity contribution in [2.24, 2.45) is 10.7 Å². The van der Waals surface area contributed by atoms with Crippen molar-refractivity contribution in [1.82, 2.24) is 0 Å². The fourth-order valence-electron chi connectivity index (χ4n) is 1.56. The van der Waals surface area contributed by atoms with E-state index in [4.69, 9.17) is 16.2 Å². The van der Waals surface area contributed by atoms with Crippen LogP contribution in [0.4, 0.5) is 18.9 Å². The Labute approximate surface area is 101 Å². The predicted octanol–water partition coefficient (Wildman–Crippen LogP) is 1.15. The molecule has 1 aromatic carbocycles. The molecule has 0 amide bonds. The van der Waals surface area contributed by atoms with Crippen LogP contribution in [0.15, 0.2) is 23.2 Å². The average Bonchev–Trinajstić information content (AvgIpc) is 2.36. The van der Waals surface area contributed by atoms with Gasteiger partial charge >= 0.3 is 0 Å². The van der Waals surface area contributed by atoms with Gasteiger partial charge in [-0.05, 0) is 12.1 Å². The first-order chi connectivity index (χ1) is 8.48. The molecule has 0 saturated heterocycles. The molecule has 4 nitrogen and oxygen atoms in total. The molecule has 0 radical (unpaired) electrons. The summed E-state index contributed by atoms with van der Waals surface area (Å²) in [6.45, 7) is -1.68. The van der Waals surface area contributed by atoms with Crippen molar-refractivity contribution in [3.8, 4) is 0 Å². The third kappa shape index (κ3) is 2.01. The van der Waals surface area contributed by atoms with Crippen molar-refractivity contribution in [1.29, 1.82) is 0 Å². The maximum atomic E-state index is 13.9. The van der Waals surface area contributed by atoms with Crippen LogP contribution in [0.1, 0.15) is 5.56 Å². The molecule has 0 aliphatic carbocycles. The van der Waals surface area contributed by atoms with Crippen molar-refractivity contribution in [2.45, 2.75) is 11.8 Å². The number of anilines is 1. The van der Waals surface area contributed by atoms with Crippen LogP contribution in [-0.2, 0) is 4.74 Å². The largest absolute Gasteiger partial charge is 0.475 e. The molecule has 0 aromatic heterocycles. The minimum atomic E-state index is -2.59. The summed E-state index contributed by atoms with van der Waals surface area (Å²) in [4.78, 5) is 3.42. The molecule has 0 unspecified atom stereocenters. The van der Waals surface area contributed by atoms with Gasteiger partial charge in [0.05, 0.1) is 17.3 Å². The number of aliphatic imine (C=N–C) groups is 1. The summed E-state index contributed by atoms with van der Waals surface area (Å²) >= 11 is 0. The molecule has 0 spiro atoms. The van der Waals surface area contributed by atoms with Crippen LogP contribution in [0.2, 0.25) is 0 Å². The maximum Gasteiger partial charge on any atom is 0.249 e. The van der Waals surface area contributed by atoms with E-state index in [0.717, 1.165) is 0 Å². The number of alkyl halides is 2. The third-order valence-corrected chi connectivity index (χ3v) is 2.70. The summed E-state index contributed by atoms with van der Waals surface area (Å²) in [5.41, 5.74) is 10.5. The molecular weight excluding hydrogens is 247 g/mol. The Morgan fingerprint density at radius 2 is 2.22 bits per heavy atom. The van der Waals surface area contributed by atoms with Crippen LogP contribution >= 0.6 is 0 Å². The van der Waals surface area contributed by atoms with Gasteiger partial charge in [-0.3, -0.25) is 0 Å². The van der Waals surface area contributed by atoms with E-state index in [2.05, 4.69) is 4.99 Å². The minimum Gasteiger partial charge on any atom is -0.475 e. The first-order valence-electron chi connectivity index (χ1n) is 5.25. The fourth-order valence-corrected chi connectivity index (χ4v) is 1.56. The second kappa shape index (κ2) is 4.49. The number of ether oxygens (including phenoxy) is 1. The molecule has 0 bridgehead atoms. The molecule has 0 saturated carbocycles. The van der Waals surface area contributed by atoms with E-state index in [9.17, 15) is 13.2 Å². The number of nitrogens with two attached hydrogens (primary N) is 2. The van der Waals surface area contributed by atoms with Gasteiger partial charge in [0.1, 0.15) is 13.3 Å². The molecule has 98 valence electrons. The van der Waals surface area contributed by atoms with E-state index < -0.39 is 24.3 Å². The second-order valence-corrected chi connectivity index (χ2v) is 4.00. The molecule has 0 fully saturated rings. The van der Waals surface area contributed by atoms with E-state index in [-0.39, 0.29) is 23.8 Å². The number of nitrogen functional groups attached to an aromatic ring is 1. The van der Waals surface area contributed by atoms with Crippen molar-refractivity contribution in [2.75, 3.05) is 19.0 Å². The van der Waals surface area contributed by atoms with Gasteiger partial charge in [-0.25, -0.2) is 18.2 Å². The molecule has 1 heterocycles. The zero-order valence-electron chi connectivity index (χ0n) is 9.37. The van der Waals surface area contributed by atoms with E-state index >= 15 is 0 Å². The van der Waals surface area contributed by atoms with Crippen molar-refractivity contribution in [3.05, 3.63) is 29.6 Å². The molecular formula is C11H12F3N3O. The summed E-state index contributed by atoms with van der Waals surface area (Å²) in [6.07, 6.45) is 0. The first kappa shape index (κ1) is 12.7. The summed E-state index contributed by atoms with van der Waals surface area (Å²) < 4.78 is 45.3. The number of hydrogen-bond acceptors (Lipinski definition) is 4. The molecule has 7 heteroatoms. The maximum absolute atomic E-state index is 13.9. The predicted molar refractivity (Wildman–Crippen MR) is 61.1 cm³/mol. The molecule has 1 aromatic rings.